The third-order valence-electron chi connectivity index (χ3n) is 34.7. The number of carbonyl (C=O) groups is 8. The van der Waals surface area contributed by atoms with Crippen LogP contribution in [0.5, 0.6) is 51.7 Å². The number of fused-ring (bicyclic) bond motifs is 15. The minimum atomic E-state index is -0.766. The topological polar surface area (TPSA) is 379 Å². The lowest BCUT2D eigenvalue weighted by atomic mass is 9.39. The molecule has 0 aromatic heterocycles. The first-order valence-corrected chi connectivity index (χ1v) is 46.8. The van der Waals surface area contributed by atoms with Gasteiger partial charge in [0, 0.05) is 136 Å². The van der Waals surface area contributed by atoms with Gasteiger partial charge in [-0.05, 0) is 254 Å². The largest absolute Gasteiger partial charge is 0.508 e. The molecule has 0 heterocycles. The molecule has 686 valence electrons. The number of carbonyl (C=O) groups excluding carboxylic acids is 5. The molecule has 3 unspecified atom stereocenters. The average molecular weight is 1700 g/mol. The van der Waals surface area contributed by atoms with E-state index in [9.17, 15) is 43.5 Å². The zero-order chi connectivity index (χ0) is 91.9. The molecule has 122 heavy (non-hydrogen) atoms. The molecule has 12 fully saturated rings. The van der Waals surface area contributed by atoms with Crippen molar-refractivity contribution in [3.05, 3.63) is 54.6 Å². The SMILES string of the molecule is CC.CC.CC.C[C@H](CCC(=O)O)[C@H]1CC[C@H]2[C@@H]3C(=O)CC4CC(=O)CC[C@]4(C)[C@H]3CC(C)(C)[C@]12C.C[C@H](CCC(=O)O)[C@H]1CC[C@H]2[C@@H]3C(=O)CC4CC(C)(C)CC[C@]4(C)[C@H]3CC(=O)[C@]12C.C[C@H](CCC(=O)O)[C@H]1CC[C@H]2[C@H]3[C@H](CC[C@]12C)[C@@]1(C)CCC(=O)CC1CC3(C)C.Oc1cc(O)cc(O)c1.Oc1cc(O)cc(O)c1.Oc1cc(O)cc(O)c1. The number of Topliss-reactive ketones (excluding diaryl/α,β-unsaturated/α-hetero) is 5. The number of hydrogen-bond acceptors (Lipinski definition) is 17. The third-order valence-corrected chi connectivity index (χ3v) is 34.7. The zero-order valence-electron chi connectivity index (χ0n) is 78.0. The molecule has 0 amide bonds. The molecule has 3 aromatic rings. The Hall–Kier alpha value is -7.38. The highest BCUT2D eigenvalue weighted by molar-refractivity contribution is 5.92. The lowest BCUT2D eigenvalue weighted by molar-refractivity contribution is -0.181. The van der Waals surface area contributed by atoms with E-state index in [1.165, 1.54) is 38.5 Å². The maximum absolute atomic E-state index is 13.7. The molecule has 12 aliphatic carbocycles. The van der Waals surface area contributed by atoms with Crippen LogP contribution in [0.3, 0.4) is 0 Å². The van der Waals surface area contributed by atoms with E-state index >= 15 is 0 Å². The monoisotopic (exact) mass is 1700 g/mol. The molecule has 0 aliphatic heterocycles. The van der Waals surface area contributed by atoms with E-state index in [-0.39, 0.29) is 128 Å². The van der Waals surface area contributed by atoms with Gasteiger partial charge in [-0.15, -0.1) is 0 Å². The van der Waals surface area contributed by atoms with E-state index in [1.54, 1.807) is 0 Å². The summed E-state index contributed by atoms with van der Waals surface area (Å²) in [5.41, 5.74) is 1.24. The highest BCUT2D eigenvalue weighted by atomic mass is 16.4. The molecule has 20 nitrogen and oxygen atoms in total. The number of phenols is 9. The average Bonchev–Trinajstić information content (AvgIpc) is 1.45. The lowest BCUT2D eigenvalue weighted by Crippen LogP contribution is -2.62. The second kappa shape index (κ2) is 40.5. The Morgan fingerprint density at radius 1 is 0.352 bits per heavy atom. The number of ketones is 5. The van der Waals surface area contributed by atoms with E-state index < -0.39 is 23.3 Å². The molecule has 3 aromatic carbocycles. The summed E-state index contributed by atoms with van der Waals surface area (Å²) in [6.07, 6.45) is 24.7. The van der Waals surface area contributed by atoms with Crippen molar-refractivity contribution >= 4 is 46.8 Å². The number of aliphatic carboxylic acids is 3. The number of carboxylic acids is 3. The van der Waals surface area contributed by atoms with Crippen molar-refractivity contribution in [3.8, 4) is 51.7 Å². The van der Waals surface area contributed by atoms with Crippen LogP contribution in [0, 0.1) is 155 Å². The van der Waals surface area contributed by atoms with E-state index in [0.29, 0.717) is 143 Å². The molecular formula is C102H158O20. The fourth-order valence-corrected chi connectivity index (χ4v) is 28.4. The van der Waals surface area contributed by atoms with Gasteiger partial charge in [0.2, 0.25) is 0 Å². The van der Waals surface area contributed by atoms with Gasteiger partial charge >= 0.3 is 17.9 Å². The van der Waals surface area contributed by atoms with Crippen LogP contribution in [-0.2, 0) is 38.4 Å². The number of carboxylic acid groups (broad SMARTS) is 3. The molecule has 0 spiro atoms. The molecular weight excluding hydrogens is 1550 g/mol. The van der Waals surface area contributed by atoms with E-state index in [0.717, 1.165) is 156 Å². The Morgan fingerprint density at radius 2 is 0.697 bits per heavy atom. The van der Waals surface area contributed by atoms with Crippen LogP contribution < -0.4 is 0 Å². The number of hydrogen-bond donors (Lipinski definition) is 12. The van der Waals surface area contributed by atoms with Gasteiger partial charge in [-0.1, -0.05) is 145 Å². The normalized spacial score (nSPS) is 36.0. The van der Waals surface area contributed by atoms with Crippen molar-refractivity contribution < 1.29 is 99.6 Å². The number of aromatic hydroxyl groups is 9. The second-order valence-electron chi connectivity index (χ2n) is 42.4. The van der Waals surface area contributed by atoms with Crippen LogP contribution in [0.1, 0.15) is 325 Å². The predicted molar refractivity (Wildman–Crippen MR) is 475 cm³/mol. The van der Waals surface area contributed by atoms with Gasteiger partial charge in [0.05, 0.1) is 0 Å². The molecule has 20 heteroatoms. The van der Waals surface area contributed by atoms with Gasteiger partial charge in [0.15, 0.2) is 0 Å². The fourth-order valence-electron chi connectivity index (χ4n) is 28.4. The Bertz CT molecular complexity index is 3850. The van der Waals surface area contributed by atoms with Gasteiger partial charge in [0.25, 0.3) is 0 Å². The molecule has 12 aliphatic rings. The Labute approximate surface area is 729 Å². The van der Waals surface area contributed by atoms with Gasteiger partial charge in [-0.2, -0.15) is 0 Å². The zero-order valence-corrected chi connectivity index (χ0v) is 78.0. The summed E-state index contributed by atoms with van der Waals surface area (Å²) in [5, 5.41) is 106. The van der Waals surface area contributed by atoms with Crippen molar-refractivity contribution in [1.29, 1.82) is 0 Å². The quantitative estimate of drug-likeness (QED) is 0.0801. The Balaban J connectivity index is 0.000000212. The van der Waals surface area contributed by atoms with Crippen LogP contribution >= 0.6 is 0 Å². The second-order valence-corrected chi connectivity index (χ2v) is 42.4. The lowest BCUT2D eigenvalue weighted by Gasteiger charge is -2.65. The van der Waals surface area contributed by atoms with E-state index in [1.807, 2.05) is 41.5 Å². The van der Waals surface area contributed by atoms with Crippen LogP contribution in [0.15, 0.2) is 54.6 Å². The molecule has 15 rings (SSSR count). The van der Waals surface area contributed by atoms with Crippen molar-refractivity contribution in [2.75, 3.05) is 0 Å². The number of rotatable bonds is 12. The minimum absolute atomic E-state index is 0.0341. The van der Waals surface area contributed by atoms with E-state index in [4.69, 9.17) is 56.2 Å². The van der Waals surface area contributed by atoms with Gasteiger partial charge in [-0.3, -0.25) is 38.4 Å². The summed E-state index contributed by atoms with van der Waals surface area (Å²) in [6, 6.07) is 10.2. The summed E-state index contributed by atoms with van der Waals surface area (Å²) in [6.45, 7) is 47.5. The summed E-state index contributed by atoms with van der Waals surface area (Å²) < 4.78 is 0. The first-order chi connectivity index (χ1) is 56.8. The van der Waals surface area contributed by atoms with Gasteiger partial charge < -0.3 is 61.3 Å². The Kier molecular flexibility index (Phi) is 33.8. The van der Waals surface area contributed by atoms with Crippen LogP contribution in [0.2, 0.25) is 0 Å². The number of phenolic OH excluding ortho intramolecular Hbond substituents is 9. The summed E-state index contributed by atoms with van der Waals surface area (Å²) in [5.74, 6) is 5.84. The minimum Gasteiger partial charge on any atom is -0.508 e. The van der Waals surface area contributed by atoms with Gasteiger partial charge in [0.1, 0.15) is 80.7 Å². The van der Waals surface area contributed by atoms with Crippen molar-refractivity contribution in [3.63, 3.8) is 0 Å². The maximum Gasteiger partial charge on any atom is 0.303 e. The maximum atomic E-state index is 13.7. The van der Waals surface area contributed by atoms with Crippen molar-refractivity contribution in [1.82, 2.24) is 0 Å². The smallest absolute Gasteiger partial charge is 0.303 e. The van der Waals surface area contributed by atoms with Gasteiger partial charge in [-0.25, -0.2) is 0 Å². The summed E-state index contributed by atoms with van der Waals surface area (Å²) >= 11 is 0. The Morgan fingerprint density at radius 3 is 1.14 bits per heavy atom. The molecule has 12 saturated carbocycles. The van der Waals surface area contributed by atoms with E-state index in [2.05, 4.69) is 104 Å². The first-order valence-electron chi connectivity index (χ1n) is 46.8. The predicted octanol–water partition coefficient (Wildman–Crippen LogP) is 22.9. The molecule has 0 bridgehead atoms. The third kappa shape index (κ3) is 21.5. The molecule has 0 saturated heterocycles. The van der Waals surface area contributed by atoms with Crippen LogP contribution in [-0.4, -0.2) is 108 Å². The fraction of sp³-hybridized carbons (Fsp3) is 0.745. The first kappa shape index (κ1) is 102. The molecule has 0 radical (unpaired) electrons. The molecule has 24 atom stereocenters. The van der Waals surface area contributed by atoms with Crippen LogP contribution in [0.4, 0.5) is 0 Å². The summed E-state index contributed by atoms with van der Waals surface area (Å²) in [4.78, 5) is 98.6. The highest BCUT2D eigenvalue weighted by Crippen LogP contribution is 2.75. The highest BCUT2D eigenvalue weighted by Gasteiger charge is 2.71. The summed E-state index contributed by atoms with van der Waals surface area (Å²) in [7, 11) is 0. The standard InChI is InChI=1S/2C26H40O4.C26H42O3.3C6H6O3.3C2H6/c1-15(6-9-22(29)30)17-7-8-18-23-19(13-21(28)26(17,18)5)25(4)11-10-24(2,3)14-16(25)12-20(23)27;1-15(6-9-22(29)30)18-7-8-19-23-20(14-24(2,3)26(18,19)5)25(4)11-10-17(27)12-16(25)13-21(23)28;1-16(6-9-22(28)29)19-7-8-20-23-21(11-13-26(19,20)5)25(4)12-10-18(27)14-17(25)15-24(23,2)3;3*7-4-1-5(8)3-6(9)2-4;3*1-2/h15-19,23H,6-14H2,1-5H3,(H,29,30);15-16,18-20,23H,6-14H2,1-5H3,(H,29,30);16-17,19-21,23H,6-15H2,1-5H3,(H,28,29);3*1-3,7-9H;3*1-2H3/t15-,16?,17-,18+,19+,23+,25+,26-;15-,16?,18-,19+,20+,23+,25+,26-;16-,17?,19-,20+,21+,23+,25+,26-;;;;;;/m111....../s1. The number of benzene rings is 3. The van der Waals surface area contributed by atoms with Crippen molar-refractivity contribution in [2.24, 2.45) is 155 Å². The van der Waals surface area contributed by atoms with Crippen molar-refractivity contribution in [2.45, 2.75) is 325 Å². The molecule has 12 N–H and O–H groups in total. The van der Waals surface area contributed by atoms with Crippen LogP contribution in [0.25, 0.3) is 0 Å².